The lowest BCUT2D eigenvalue weighted by molar-refractivity contribution is 0.437. The predicted octanol–water partition coefficient (Wildman–Crippen LogP) is 1.25. The molecule has 2 nitrogen and oxygen atoms in total. The second-order valence-electron chi connectivity index (χ2n) is 1.39. The molecule has 4 radical (unpaired) electrons. The van der Waals surface area contributed by atoms with Gasteiger partial charge in [-0.1, -0.05) is 12.7 Å². The lowest BCUT2D eigenvalue weighted by Gasteiger charge is -2.03. The normalized spacial score (nSPS) is 10.7. The standard InChI is InChI=1S/C5H6B2O2S/c1-3-5(7)9-10-8-4(2)6/h3H,2H2,1H3/b5-3+. The summed E-state index contributed by atoms with van der Waals surface area (Å²) in [6.45, 7) is 5.02. The van der Waals surface area contributed by atoms with Crippen molar-refractivity contribution in [3.8, 4) is 0 Å². The van der Waals surface area contributed by atoms with Crippen molar-refractivity contribution in [2.24, 2.45) is 0 Å². The Kier molecular flexibility index (Phi) is 5.12. The third kappa shape index (κ3) is 5.69. The molecule has 50 valence electrons. The molecule has 10 heavy (non-hydrogen) atoms. The smallest absolute Gasteiger partial charge is 0.290 e. The molecule has 0 aliphatic carbocycles. The molecule has 0 aromatic heterocycles. The van der Waals surface area contributed by atoms with Crippen LogP contribution in [0.2, 0.25) is 0 Å². The fourth-order valence-corrected chi connectivity index (χ4v) is 0.444. The summed E-state index contributed by atoms with van der Waals surface area (Å²) in [5.74, 6) is 0. The van der Waals surface area contributed by atoms with E-state index in [1.54, 1.807) is 13.0 Å². The molecule has 0 bridgehead atoms. The van der Waals surface area contributed by atoms with Crippen LogP contribution in [-0.2, 0) is 8.37 Å². The first-order chi connectivity index (χ1) is 4.66. The van der Waals surface area contributed by atoms with Crippen molar-refractivity contribution in [3.05, 3.63) is 24.0 Å². The predicted molar refractivity (Wildman–Crippen MR) is 44.2 cm³/mol. The summed E-state index contributed by atoms with van der Waals surface area (Å²) in [4.78, 5) is 0. The summed E-state index contributed by atoms with van der Waals surface area (Å²) in [7, 11) is 10.3. The molecule has 5 heteroatoms. The fraction of sp³-hybridized carbons (Fsp3) is 0.200. The van der Waals surface area contributed by atoms with Gasteiger partial charge in [-0.15, -0.1) is 0 Å². The van der Waals surface area contributed by atoms with E-state index in [1.165, 1.54) is 0 Å². The van der Waals surface area contributed by atoms with Crippen molar-refractivity contribution in [1.29, 1.82) is 0 Å². The van der Waals surface area contributed by atoms with Gasteiger partial charge in [0, 0.05) is 0 Å². The molecule has 0 amide bonds. The van der Waals surface area contributed by atoms with Crippen molar-refractivity contribution in [3.63, 3.8) is 0 Å². The zero-order valence-corrected chi connectivity index (χ0v) is 6.48. The molecule has 0 rings (SSSR count). The zero-order valence-electron chi connectivity index (χ0n) is 5.66. The highest BCUT2D eigenvalue weighted by Crippen LogP contribution is 2.11. The van der Waals surface area contributed by atoms with E-state index in [2.05, 4.69) is 10.8 Å². The third-order valence-corrected chi connectivity index (χ3v) is 1.10. The maximum atomic E-state index is 5.23. The van der Waals surface area contributed by atoms with Crippen LogP contribution in [0.25, 0.3) is 0 Å². The SMILES string of the molecule is [B]C(=C)OSO/C([B])=C/C. The molecular weight excluding hydrogens is 146 g/mol. The summed E-state index contributed by atoms with van der Waals surface area (Å²) in [5.41, 5.74) is 0.347. The Bertz CT molecular complexity index is 147. The van der Waals surface area contributed by atoms with Gasteiger partial charge >= 0.3 is 0 Å². The minimum atomic E-state index is 0.0777. The van der Waals surface area contributed by atoms with E-state index in [1.807, 2.05) is 0 Å². The minimum Gasteiger partial charge on any atom is -0.409 e. The van der Waals surface area contributed by atoms with Crippen LogP contribution >= 0.6 is 12.3 Å². The largest absolute Gasteiger partial charge is 0.409 e. The maximum Gasteiger partial charge on any atom is 0.290 e. The molecular formula is C5H6B2O2S. The van der Waals surface area contributed by atoms with Gasteiger partial charge in [0.2, 0.25) is 0 Å². The highest BCUT2D eigenvalue weighted by atomic mass is 32.2. The molecule has 0 unspecified atom stereocenters. The zero-order chi connectivity index (χ0) is 7.98. The average molecular weight is 152 g/mol. The van der Waals surface area contributed by atoms with E-state index in [0.29, 0.717) is 12.3 Å². The quantitative estimate of drug-likeness (QED) is 0.343. The summed E-state index contributed by atoms with van der Waals surface area (Å²) in [5, 5.41) is 0. The number of allylic oxidation sites excluding steroid dienone is 1. The van der Waals surface area contributed by atoms with E-state index >= 15 is 0 Å². The number of hydrogen-bond acceptors (Lipinski definition) is 3. The van der Waals surface area contributed by atoms with Gasteiger partial charge in [-0.25, -0.2) is 0 Å². The molecule has 0 saturated carbocycles. The van der Waals surface area contributed by atoms with Gasteiger partial charge < -0.3 is 8.37 Å². The summed E-state index contributed by atoms with van der Waals surface area (Å²) in [6, 6.07) is 0. The topological polar surface area (TPSA) is 18.5 Å². The van der Waals surface area contributed by atoms with Crippen LogP contribution in [-0.4, -0.2) is 15.7 Å². The van der Waals surface area contributed by atoms with Crippen LogP contribution in [0.4, 0.5) is 0 Å². The Morgan fingerprint density at radius 3 is 2.50 bits per heavy atom. The molecule has 0 spiro atoms. The van der Waals surface area contributed by atoms with Crippen molar-refractivity contribution in [2.75, 3.05) is 0 Å². The molecule has 0 saturated heterocycles. The maximum absolute atomic E-state index is 5.23. The van der Waals surface area contributed by atoms with Gasteiger partial charge in [0.05, 0.1) is 11.3 Å². The lowest BCUT2D eigenvalue weighted by atomic mass is 10.1. The Morgan fingerprint density at radius 1 is 1.50 bits per heavy atom. The van der Waals surface area contributed by atoms with E-state index in [-0.39, 0.29) is 11.3 Å². The number of rotatable bonds is 4. The number of hydrogen-bond donors (Lipinski definition) is 0. The molecule has 0 fully saturated rings. The molecule has 0 N–H and O–H groups in total. The molecule has 0 aliphatic rings. The lowest BCUT2D eigenvalue weighted by Crippen LogP contribution is -1.85. The van der Waals surface area contributed by atoms with Crippen LogP contribution in [0.1, 0.15) is 6.92 Å². The Balaban J connectivity index is 3.29. The van der Waals surface area contributed by atoms with Gasteiger partial charge in [-0.3, -0.25) is 0 Å². The van der Waals surface area contributed by atoms with E-state index in [4.69, 9.17) is 19.9 Å². The molecule has 0 aromatic rings. The molecule has 0 atom stereocenters. The Labute approximate surface area is 67.9 Å². The minimum absolute atomic E-state index is 0.0777. The monoisotopic (exact) mass is 152 g/mol. The van der Waals surface area contributed by atoms with Crippen molar-refractivity contribution >= 4 is 28.0 Å². The second-order valence-corrected chi connectivity index (χ2v) is 1.86. The summed E-state index contributed by atoms with van der Waals surface area (Å²) in [6.07, 6.45) is 1.59. The van der Waals surface area contributed by atoms with Crippen LogP contribution in [0, 0.1) is 0 Å². The van der Waals surface area contributed by atoms with Gasteiger partial charge in [-0.2, -0.15) is 0 Å². The van der Waals surface area contributed by atoms with Crippen LogP contribution < -0.4 is 0 Å². The molecule has 0 aromatic carbocycles. The van der Waals surface area contributed by atoms with Crippen LogP contribution in [0.3, 0.4) is 0 Å². The van der Waals surface area contributed by atoms with Gasteiger partial charge in [0.1, 0.15) is 0 Å². The Morgan fingerprint density at radius 2 is 2.10 bits per heavy atom. The van der Waals surface area contributed by atoms with Crippen molar-refractivity contribution in [2.45, 2.75) is 6.92 Å². The molecule has 0 heterocycles. The van der Waals surface area contributed by atoms with Gasteiger partial charge in [-0.05, 0) is 6.92 Å². The van der Waals surface area contributed by atoms with E-state index in [0.717, 1.165) is 0 Å². The second kappa shape index (κ2) is 5.35. The van der Waals surface area contributed by atoms with Crippen LogP contribution in [0.15, 0.2) is 24.0 Å². The first kappa shape index (κ1) is 9.56. The Hall–Kier alpha value is -0.440. The van der Waals surface area contributed by atoms with Gasteiger partial charge in [0.25, 0.3) is 12.3 Å². The van der Waals surface area contributed by atoms with Crippen molar-refractivity contribution < 1.29 is 8.37 Å². The van der Waals surface area contributed by atoms with Crippen LogP contribution in [0.5, 0.6) is 0 Å². The highest BCUT2D eigenvalue weighted by Gasteiger charge is 1.90. The average Bonchev–Trinajstić information content (AvgIpc) is 1.87. The summed E-state index contributed by atoms with van der Waals surface area (Å²) < 4.78 is 9.27. The van der Waals surface area contributed by atoms with E-state index in [9.17, 15) is 0 Å². The highest BCUT2D eigenvalue weighted by molar-refractivity contribution is 7.90. The van der Waals surface area contributed by atoms with Crippen molar-refractivity contribution in [1.82, 2.24) is 0 Å². The first-order valence-corrected chi connectivity index (χ1v) is 3.21. The summed E-state index contributed by atoms with van der Waals surface area (Å²) >= 11 is 0.676. The first-order valence-electron chi connectivity index (χ1n) is 2.54. The van der Waals surface area contributed by atoms with E-state index < -0.39 is 0 Å². The molecule has 0 aliphatic heterocycles. The fourth-order valence-electron chi connectivity index (χ4n) is 0.148. The third-order valence-electron chi connectivity index (χ3n) is 0.556. The van der Waals surface area contributed by atoms with Gasteiger partial charge in [0.15, 0.2) is 15.7 Å².